The van der Waals surface area contributed by atoms with E-state index in [9.17, 15) is 24.0 Å². The molecule has 11 heteroatoms. The molecule has 0 rings (SSSR count). The number of ether oxygens (including phenoxy) is 5. The van der Waals surface area contributed by atoms with Gasteiger partial charge in [-0.15, -0.1) is 0 Å². The Morgan fingerprint density at radius 3 is 1.42 bits per heavy atom. The standard InChI is InChI=1S/C39H67NO10/c1-14-29(41)36(7,8)47-24-20-16-18-22-31(43)38(11,12)49-27-34(3,4)26-46-33(45)35(5,6)28-50-39(13,40)32(44)23-19-17-21-25-48-37(9,10)30(42)15-2/h14-15H,1-2,16-28,40H2,3-13H3. The zero-order valence-electron chi connectivity index (χ0n) is 32.9. The summed E-state index contributed by atoms with van der Waals surface area (Å²) in [6.45, 7) is 26.7. The van der Waals surface area contributed by atoms with E-state index >= 15 is 0 Å². The van der Waals surface area contributed by atoms with Crippen molar-refractivity contribution in [1.29, 1.82) is 0 Å². The van der Waals surface area contributed by atoms with Crippen LogP contribution in [-0.4, -0.2) is 84.7 Å². The van der Waals surface area contributed by atoms with Gasteiger partial charge in [0, 0.05) is 31.5 Å². The van der Waals surface area contributed by atoms with Crippen LogP contribution in [0.4, 0.5) is 0 Å². The lowest BCUT2D eigenvalue weighted by molar-refractivity contribution is -0.170. The Labute approximate surface area is 301 Å². The van der Waals surface area contributed by atoms with Gasteiger partial charge in [0.25, 0.3) is 0 Å². The van der Waals surface area contributed by atoms with Crippen LogP contribution in [0.2, 0.25) is 0 Å². The van der Waals surface area contributed by atoms with Crippen LogP contribution < -0.4 is 5.73 Å². The highest BCUT2D eigenvalue weighted by atomic mass is 16.6. The van der Waals surface area contributed by atoms with E-state index in [1.54, 1.807) is 55.4 Å². The smallest absolute Gasteiger partial charge is 0.313 e. The molecule has 0 amide bonds. The van der Waals surface area contributed by atoms with Crippen molar-refractivity contribution in [3.05, 3.63) is 25.3 Å². The predicted molar refractivity (Wildman–Crippen MR) is 195 cm³/mol. The Hall–Kier alpha value is -2.57. The summed E-state index contributed by atoms with van der Waals surface area (Å²) in [5.74, 6) is -1.18. The third-order valence-electron chi connectivity index (χ3n) is 8.51. The third-order valence-corrected chi connectivity index (χ3v) is 8.51. The number of carbonyl (C=O) groups excluding carboxylic acids is 5. The molecular formula is C39H67NO10. The van der Waals surface area contributed by atoms with Crippen molar-refractivity contribution < 1.29 is 47.7 Å². The lowest BCUT2D eigenvalue weighted by Gasteiger charge is -2.33. The second kappa shape index (κ2) is 20.5. The first-order chi connectivity index (χ1) is 22.8. The lowest BCUT2D eigenvalue weighted by atomic mass is 9.92. The molecule has 0 aliphatic rings. The van der Waals surface area contributed by atoms with Gasteiger partial charge in [0.2, 0.25) is 0 Å². The molecule has 288 valence electrons. The van der Waals surface area contributed by atoms with E-state index in [-0.39, 0.29) is 49.4 Å². The summed E-state index contributed by atoms with van der Waals surface area (Å²) in [4.78, 5) is 62.3. The summed E-state index contributed by atoms with van der Waals surface area (Å²) in [5, 5.41) is 0. The minimum atomic E-state index is -1.58. The largest absolute Gasteiger partial charge is 0.465 e. The maximum atomic E-state index is 13.0. The van der Waals surface area contributed by atoms with Crippen LogP contribution in [-0.2, 0) is 47.7 Å². The maximum absolute atomic E-state index is 13.0. The van der Waals surface area contributed by atoms with Gasteiger partial charge >= 0.3 is 5.97 Å². The molecule has 0 aromatic heterocycles. The quantitative estimate of drug-likeness (QED) is 0.0395. The molecule has 0 aromatic rings. The molecule has 0 aromatic carbocycles. The van der Waals surface area contributed by atoms with Crippen LogP contribution >= 0.6 is 0 Å². The van der Waals surface area contributed by atoms with Crippen molar-refractivity contribution in [3.8, 4) is 0 Å². The van der Waals surface area contributed by atoms with Crippen LogP contribution in [0.1, 0.15) is 128 Å². The summed E-state index contributed by atoms with van der Waals surface area (Å²) >= 11 is 0. The van der Waals surface area contributed by atoms with Crippen LogP contribution in [0.15, 0.2) is 25.3 Å². The first-order valence-corrected chi connectivity index (χ1v) is 17.7. The van der Waals surface area contributed by atoms with E-state index in [1.807, 2.05) is 13.8 Å². The normalized spacial score (nSPS) is 14.1. The molecular weight excluding hydrogens is 642 g/mol. The highest BCUT2D eigenvalue weighted by Crippen LogP contribution is 2.26. The summed E-state index contributed by atoms with van der Waals surface area (Å²) < 4.78 is 28.7. The highest BCUT2D eigenvalue weighted by Gasteiger charge is 2.37. The molecule has 0 aliphatic heterocycles. The number of Topliss-reactive ketones (excluding diaryl/α,β-unsaturated/α-hetero) is 2. The molecule has 0 radical (unpaired) electrons. The molecule has 0 aliphatic carbocycles. The fourth-order valence-corrected chi connectivity index (χ4v) is 4.39. The van der Waals surface area contributed by atoms with Gasteiger partial charge in [-0.3, -0.25) is 29.7 Å². The monoisotopic (exact) mass is 709 g/mol. The zero-order valence-corrected chi connectivity index (χ0v) is 32.9. The molecule has 50 heavy (non-hydrogen) atoms. The van der Waals surface area contributed by atoms with Crippen molar-refractivity contribution in [2.24, 2.45) is 16.6 Å². The fraction of sp³-hybridized carbons (Fsp3) is 0.769. The first-order valence-electron chi connectivity index (χ1n) is 17.7. The van der Waals surface area contributed by atoms with Gasteiger partial charge in [-0.1, -0.05) is 39.8 Å². The topological polar surface area (TPSA) is 158 Å². The van der Waals surface area contributed by atoms with Crippen molar-refractivity contribution in [2.75, 3.05) is 33.0 Å². The number of ketones is 4. The second-order valence-electron chi connectivity index (χ2n) is 16.1. The summed E-state index contributed by atoms with van der Waals surface area (Å²) in [6.07, 6.45) is 7.18. The van der Waals surface area contributed by atoms with Gasteiger partial charge in [-0.05, 0) is 100 Å². The van der Waals surface area contributed by atoms with E-state index in [0.29, 0.717) is 45.3 Å². The van der Waals surface area contributed by atoms with Crippen LogP contribution in [0.25, 0.3) is 0 Å². The van der Waals surface area contributed by atoms with E-state index in [2.05, 4.69) is 13.2 Å². The van der Waals surface area contributed by atoms with Crippen molar-refractivity contribution in [2.45, 2.75) is 150 Å². The summed E-state index contributed by atoms with van der Waals surface area (Å²) in [6, 6.07) is 0. The number of carbonyl (C=O) groups is 5. The van der Waals surface area contributed by atoms with Crippen LogP contribution in [0.3, 0.4) is 0 Å². The molecule has 0 bridgehead atoms. The van der Waals surface area contributed by atoms with E-state index in [1.165, 1.54) is 19.1 Å². The molecule has 2 N–H and O–H groups in total. The molecule has 0 saturated carbocycles. The second-order valence-corrected chi connectivity index (χ2v) is 16.1. The summed E-state index contributed by atoms with van der Waals surface area (Å²) in [5.41, 5.74) is 0.0932. The SMILES string of the molecule is C=CC(=O)C(C)(C)OCCCCCC(=O)C(C)(C)OCC(C)(C)COC(=O)C(C)(C)COC(C)(N)C(=O)CCCCCOC(C)(C)C(=O)C=C. The van der Waals surface area contributed by atoms with E-state index < -0.39 is 39.3 Å². The Kier molecular flexibility index (Phi) is 19.4. The number of hydrogen-bond donors (Lipinski definition) is 1. The minimum Gasteiger partial charge on any atom is -0.465 e. The predicted octanol–water partition coefficient (Wildman–Crippen LogP) is 6.43. The van der Waals surface area contributed by atoms with Gasteiger partial charge in [0.1, 0.15) is 16.8 Å². The molecule has 1 atom stereocenters. The Bertz CT molecular complexity index is 1160. The number of unbranched alkanes of at least 4 members (excludes halogenated alkanes) is 4. The minimum absolute atomic E-state index is 0.0268. The molecule has 0 spiro atoms. The van der Waals surface area contributed by atoms with Crippen LogP contribution in [0.5, 0.6) is 0 Å². The number of rotatable bonds is 29. The van der Waals surface area contributed by atoms with Crippen molar-refractivity contribution >= 4 is 29.1 Å². The Morgan fingerprint density at radius 1 is 0.540 bits per heavy atom. The van der Waals surface area contributed by atoms with Gasteiger partial charge < -0.3 is 23.7 Å². The molecule has 1 unspecified atom stereocenters. The van der Waals surface area contributed by atoms with Crippen LogP contribution in [0, 0.1) is 10.8 Å². The number of nitrogens with two attached hydrogens (primary N) is 1. The Morgan fingerprint density at radius 2 is 0.980 bits per heavy atom. The Balaban J connectivity index is 4.61. The van der Waals surface area contributed by atoms with E-state index in [0.717, 1.165) is 12.8 Å². The maximum Gasteiger partial charge on any atom is 0.313 e. The summed E-state index contributed by atoms with van der Waals surface area (Å²) in [7, 11) is 0. The van der Waals surface area contributed by atoms with Gasteiger partial charge in [-0.25, -0.2) is 0 Å². The molecule has 0 fully saturated rings. The van der Waals surface area contributed by atoms with Crippen molar-refractivity contribution in [1.82, 2.24) is 0 Å². The van der Waals surface area contributed by atoms with E-state index in [4.69, 9.17) is 29.4 Å². The van der Waals surface area contributed by atoms with Gasteiger partial charge in [0.05, 0.1) is 25.2 Å². The zero-order chi connectivity index (χ0) is 39.0. The molecule has 0 heterocycles. The number of esters is 1. The van der Waals surface area contributed by atoms with Gasteiger partial charge in [-0.2, -0.15) is 0 Å². The average molecular weight is 710 g/mol. The molecule has 0 saturated heterocycles. The van der Waals surface area contributed by atoms with Crippen molar-refractivity contribution in [3.63, 3.8) is 0 Å². The fourth-order valence-electron chi connectivity index (χ4n) is 4.39. The first kappa shape index (κ1) is 47.4. The third kappa shape index (κ3) is 17.6. The van der Waals surface area contributed by atoms with Gasteiger partial charge in [0.15, 0.2) is 28.9 Å². The number of hydrogen-bond acceptors (Lipinski definition) is 11. The lowest BCUT2D eigenvalue weighted by Crippen LogP contribution is -2.50. The average Bonchev–Trinajstić information content (AvgIpc) is 3.03. The highest BCUT2D eigenvalue weighted by molar-refractivity contribution is 5.96. The molecule has 11 nitrogen and oxygen atoms in total.